The van der Waals surface area contributed by atoms with Gasteiger partial charge in [0.15, 0.2) is 6.29 Å². The van der Waals surface area contributed by atoms with Crippen molar-refractivity contribution < 1.29 is 4.79 Å². The first-order valence-electron chi connectivity index (χ1n) is 3.39. The molecule has 0 aliphatic rings. The zero-order chi connectivity index (χ0) is 9.30. The quantitative estimate of drug-likeness (QED) is 0.616. The summed E-state index contributed by atoms with van der Waals surface area (Å²) >= 11 is 5.66. The third-order valence-corrected chi connectivity index (χ3v) is 2.09. The number of aromatic nitrogens is 1. The number of carbonyl (C=O) groups is 1. The monoisotopic (exact) mass is 185 g/mol. The van der Waals surface area contributed by atoms with Crippen LogP contribution < -0.4 is 5.56 Å². The molecule has 0 radical (unpaired) electrons. The molecule has 0 unspecified atom stereocenters. The van der Waals surface area contributed by atoms with Crippen LogP contribution in [0.15, 0.2) is 10.9 Å². The van der Waals surface area contributed by atoms with E-state index in [0.717, 1.165) is 5.69 Å². The van der Waals surface area contributed by atoms with Gasteiger partial charge in [0.2, 0.25) is 0 Å². The number of carbonyl (C=O) groups excluding carboxylic acids is 1. The van der Waals surface area contributed by atoms with Crippen molar-refractivity contribution in [3.05, 3.63) is 32.7 Å². The molecule has 1 aromatic heterocycles. The largest absolute Gasteiger partial charge is 0.315 e. The van der Waals surface area contributed by atoms with Crippen molar-refractivity contribution in [3.63, 3.8) is 0 Å². The van der Waals surface area contributed by atoms with Crippen LogP contribution in [-0.2, 0) is 7.05 Å². The molecule has 0 N–H and O–H groups in total. The summed E-state index contributed by atoms with van der Waals surface area (Å²) in [6.07, 6.45) is 0.476. The molecule has 0 fully saturated rings. The van der Waals surface area contributed by atoms with Crippen LogP contribution in [0.4, 0.5) is 0 Å². The topological polar surface area (TPSA) is 39.1 Å². The molecule has 64 valence electrons. The Bertz CT molecular complexity index is 381. The van der Waals surface area contributed by atoms with Crippen LogP contribution in [0, 0.1) is 6.92 Å². The number of aryl methyl sites for hydroxylation is 1. The van der Waals surface area contributed by atoms with E-state index in [9.17, 15) is 9.59 Å². The van der Waals surface area contributed by atoms with E-state index in [4.69, 9.17) is 11.6 Å². The van der Waals surface area contributed by atoms with Gasteiger partial charge in [-0.15, -0.1) is 0 Å². The first-order chi connectivity index (χ1) is 5.57. The maximum Gasteiger partial charge on any atom is 0.262 e. The average Bonchev–Trinajstić information content (AvgIpc) is 2.01. The molecule has 0 saturated carbocycles. The maximum atomic E-state index is 11.3. The second kappa shape index (κ2) is 3.11. The van der Waals surface area contributed by atoms with E-state index in [1.807, 2.05) is 0 Å². The molecule has 0 spiro atoms. The molecule has 3 nitrogen and oxygen atoms in total. The van der Waals surface area contributed by atoms with Crippen LogP contribution >= 0.6 is 11.6 Å². The van der Waals surface area contributed by atoms with Gasteiger partial charge >= 0.3 is 0 Å². The van der Waals surface area contributed by atoms with Gasteiger partial charge in [-0.3, -0.25) is 9.59 Å². The van der Waals surface area contributed by atoms with Crippen molar-refractivity contribution >= 4 is 17.9 Å². The van der Waals surface area contributed by atoms with Crippen molar-refractivity contribution in [2.75, 3.05) is 0 Å². The summed E-state index contributed by atoms with van der Waals surface area (Å²) in [5.74, 6) is 0. The van der Waals surface area contributed by atoms with E-state index in [2.05, 4.69) is 0 Å². The Morgan fingerprint density at radius 3 is 2.67 bits per heavy atom. The summed E-state index contributed by atoms with van der Waals surface area (Å²) < 4.78 is 1.38. The van der Waals surface area contributed by atoms with Crippen molar-refractivity contribution in [2.45, 2.75) is 6.92 Å². The minimum Gasteiger partial charge on any atom is -0.315 e. The molecule has 12 heavy (non-hydrogen) atoms. The Kier molecular flexibility index (Phi) is 2.33. The highest BCUT2D eigenvalue weighted by atomic mass is 35.5. The number of rotatable bonds is 1. The maximum absolute atomic E-state index is 11.3. The lowest BCUT2D eigenvalue weighted by Crippen LogP contribution is -2.22. The first-order valence-corrected chi connectivity index (χ1v) is 3.77. The van der Waals surface area contributed by atoms with Gasteiger partial charge < -0.3 is 4.57 Å². The second-order valence-corrected chi connectivity index (χ2v) is 2.94. The van der Waals surface area contributed by atoms with E-state index in [0.29, 0.717) is 6.29 Å². The standard InChI is InChI=1S/C8H8ClNO2/c1-5-3-7(9)6(4-11)8(12)10(5)2/h3-4H,1-2H3. The number of pyridine rings is 1. The van der Waals surface area contributed by atoms with Gasteiger partial charge in [0, 0.05) is 12.7 Å². The van der Waals surface area contributed by atoms with Crippen LogP contribution in [0.25, 0.3) is 0 Å². The fraction of sp³-hybridized carbons (Fsp3) is 0.250. The Balaban J connectivity index is 3.63. The average molecular weight is 186 g/mol. The number of hydrogen-bond donors (Lipinski definition) is 0. The lowest BCUT2D eigenvalue weighted by Gasteiger charge is -2.04. The van der Waals surface area contributed by atoms with Crippen LogP contribution in [0.5, 0.6) is 0 Å². The Hall–Kier alpha value is -1.09. The fourth-order valence-corrected chi connectivity index (χ4v) is 1.19. The van der Waals surface area contributed by atoms with E-state index in [1.54, 1.807) is 20.0 Å². The lowest BCUT2D eigenvalue weighted by atomic mass is 10.2. The van der Waals surface area contributed by atoms with Crippen molar-refractivity contribution in [1.29, 1.82) is 0 Å². The molecule has 0 aliphatic heterocycles. The summed E-state index contributed by atoms with van der Waals surface area (Å²) in [5.41, 5.74) is 0.398. The molecule has 1 rings (SSSR count). The van der Waals surface area contributed by atoms with Gasteiger partial charge in [-0.05, 0) is 13.0 Å². The summed E-state index contributed by atoms with van der Waals surface area (Å²) in [6, 6.07) is 1.59. The first kappa shape index (κ1) is 9.00. The number of nitrogens with zero attached hydrogens (tertiary/aromatic N) is 1. The van der Waals surface area contributed by atoms with E-state index >= 15 is 0 Å². The van der Waals surface area contributed by atoms with Gasteiger partial charge in [-0.25, -0.2) is 0 Å². The van der Waals surface area contributed by atoms with Crippen molar-refractivity contribution in [2.24, 2.45) is 7.05 Å². The summed E-state index contributed by atoms with van der Waals surface area (Å²) in [4.78, 5) is 21.7. The molecule has 0 amide bonds. The van der Waals surface area contributed by atoms with Crippen LogP contribution in [0.1, 0.15) is 16.1 Å². The molecular weight excluding hydrogens is 178 g/mol. The van der Waals surface area contributed by atoms with Crippen molar-refractivity contribution in [1.82, 2.24) is 4.57 Å². The Morgan fingerprint density at radius 1 is 1.58 bits per heavy atom. The highest BCUT2D eigenvalue weighted by Gasteiger charge is 2.07. The highest BCUT2D eigenvalue weighted by molar-refractivity contribution is 6.32. The highest BCUT2D eigenvalue weighted by Crippen LogP contribution is 2.10. The summed E-state index contributed by atoms with van der Waals surface area (Å²) in [7, 11) is 1.60. The Morgan fingerprint density at radius 2 is 2.17 bits per heavy atom. The zero-order valence-corrected chi connectivity index (χ0v) is 7.55. The molecule has 1 aromatic rings. The predicted octanol–water partition coefficient (Wildman–Crippen LogP) is 1.16. The predicted molar refractivity (Wildman–Crippen MR) is 46.8 cm³/mol. The smallest absolute Gasteiger partial charge is 0.262 e. The molecule has 1 heterocycles. The molecule has 0 bridgehead atoms. The minimum atomic E-state index is -0.352. The summed E-state index contributed by atoms with van der Waals surface area (Å²) in [6.45, 7) is 1.75. The van der Waals surface area contributed by atoms with Gasteiger partial charge in [0.05, 0.1) is 10.6 Å². The normalized spacial score (nSPS) is 9.92. The van der Waals surface area contributed by atoms with E-state index in [1.165, 1.54) is 4.57 Å². The molecule has 0 atom stereocenters. The lowest BCUT2D eigenvalue weighted by molar-refractivity contribution is 0.112. The minimum absolute atomic E-state index is 0.0183. The number of hydrogen-bond acceptors (Lipinski definition) is 2. The molecule has 0 aromatic carbocycles. The SMILES string of the molecule is Cc1cc(Cl)c(C=O)c(=O)n1C. The Labute approximate surface area is 74.6 Å². The third-order valence-electron chi connectivity index (χ3n) is 1.77. The van der Waals surface area contributed by atoms with Crippen LogP contribution in [-0.4, -0.2) is 10.9 Å². The molecule has 0 aliphatic carbocycles. The van der Waals surface area contributed by atoms with Crippen LogP contribution in [0.2, 0.25) is 5.02 Å². The van der Waals surface area contributed by atoms with Crippen molar-refractivity contribution in [3.8, 4) is 0 Å². The number of aldehydes is 1. The van der Waals surface area contributed by atoms with Gasteiger partial charge in [-0.1, -0.05) is 11.6 Å². The van der Waals surface area contributed by atoms with E-state index in [-0.39, 0.29) is 16.1 Å². The van der Waals surface area contributed by atoms with Gasteiger partial charge in [0.1, 0.15) is 0 Å². The summed E-state index contributed by atoms with van der Waals surface area (Å²) in [5, 5.41) is 0.214. The molecule has 4 heteroatoms. The molecular formula is C8H8ClNO2. The van der Waals surface area contributed by atoms with Gasteiger partial charge in [-0.2, -0.15) is 0 Å². The number of halogens is 1. The van der Waals surface area contributed by atoms with Crippen LogP contribution in [0.3, 0.4) is 0 Å². The fourth-order valence-electron chi connectivity index (χ4n) is 0.908. The zero-order valence-electron chi connectivity index (χ0n) is 6.80. The third kappa shape index (κ3) is 1.28. The van der Waals surface area contributed by atoms with Gasteiger partial charge in [0.25, 0.3) is 5.56 Å². The van der Waals surface area contributed by atoms with E-state index < -0.39 is 0 Å². The second-order valence-electron chi connectivity index (χ2n) is 2.53. The molecule has 0 saturated heterocycles.